The summed E-state index contributed by atoms with van der Waals surface area (Å²) in [7, 11) is 0. The number of benzene rings is 2. The van der Waals surface area contributed by atoms with Gasteiger partial charge in [0.1, 0.15) is 11.4 Å². The molecule has 160 valence electrons. The third-order valence-corrected chi connectivity index (χ3v) is 5.56. The molecule has 2 aromatic carbocycles. The van der Waals surface area contributed by atoms with Gasteiger partial charge in [-0.05, 0) is 48.9 Å². The molecule has 1 N–H and O–H groups in total. The van der Waals surface area contributed by atoms with Gasteiger partial charge < -0.3 is 14.3 Å². The van der Waals surface area contributed by atoms with Crippen LogP contribution in [0.2, 0.25) is 5.02 Å². The summed E-state index contributed by atoms with van der Waals surface area (Å²) in [5.74, 6) is -0.0116. The molecule has 0 fully saturated rings. The van der Waals surface area contributed by atoms with E-state index in [0.717, 1.165) is 0 Å². The lowest BCUT2D eigenvalue weighted by Crippen LogP contribution is -2.30. The van der Waals surface area contributed by atoms with Gasteiger partial charge in [0.25, 0.3) is 5.91 Å². The van der Waals surface area contributed by atoms with Crippen LogP contribution in [0.3, 0.4) is 0 Å². The zero-order valence-electron chi connectivity index (χ0n) is 16.9. The monoisotopic (exact) mass is 448 g/mol. The number of anilines is 1. The van der Waals surface area contributed by atoms with Crippen molar-refractivity contribution in [3.05, 3.63) is 92.9 Å². The Morgan fingerprint density at radius 2 is 1.97 bits per heavy atom. The predicted octanol–water partition coefficient (Wildman–Crippen LogP) is 4.70. The molecular formula is C24H17ClN2O5. The van der Waals surface area contributed by atoms with E-state index < -0.39 is 11.9 Å². The average Bonchev–Trinajstić information content (AvgIpc) is 3.09. The lowest BCUT2D eigenvalue weighted by Gasteiger charge is -2.24. The van der Waals surface area contributed by atoms with Crippen molar-refractivity contribution < 1.29 is 19.1 Å². The second-order valence-electron chi connectivity index (χ2n) is 7.24. The highest BCUT2D eigenvalue weighted by molar-refractivity contribution is 6.30. The number of ether oxygens (including phenoxy) is 1. The maximum atomic E-state index is 13.5. The number of carbonyl (C=O) groups excluding carboxylic acids is 1. The summed E-state index contributed by atoms with van der Waals surface area (Å²) in [5.41, 5.74) is 0.800. The smallest absolute Gasteiger partial charge is 0.296 e. The third-order valence-electron chi connectivity index (χ3n) is 5.34. The molecule has 3 heterocycles. The number of aromatic nitrogens is 1. The SMILES string of the molecule is CCOc1cc(C2c3c(oc4ccccc4c3=O)C(=O)N2c2ccc(Cl)cn2)ccc1O. The minimum absolute atomic E-state index is 0.0399. The van der Waals surface area contributed by atoms with Gasteiger partial charge >= 0.3 is 0 Å². The summed E-state index contributed by atoms with van der Waals surface area (Å²) in [6.45, 7) is 2.14. The summed E-state index contributed by atoms with van der Waals surface area (Å²) in [5, 5.41) is 10.9. The molecule has 5 rings (SSSR count). The molecule has 2 aromatic heterocycles. The number of aromatic hydroxyl groups is 1. The van der Waals surface area contributed by atoms with Gasteiger partial charge in [-0.1, -0.05) is 29.8 Å². The van der Waals surface area contributed by atoms with E-state index in [0.29, 0.717) is 34.0 Å². The van der Waals surface area contributed by atoms with E-state index in [2.05, 4.69) is 4.98 Å². The highest BCUT2D eigenvalue weighted by atomic mass is 35.5. The van der Waals surface area contributed by atoms with Crippen LogP contribution in [0.15, 0.2) is 70.0 Å². The lowest BCUT2D eigenvalue weighted by molar-refractivity contribution is 0.0970. The van der Waals surface area contributed by atoms with Crippen LogP contribution in [-0.2, 0) is 0 Å². The maximum Gasteiger partial charge on any atom is 0.296 e. The van der Waals surface area contributed by atoms with Crippen molar-refractivity contribution >= 4 is 34.3 Å². The second kappa shape index (κ2) is 7.69. The fraction of sp³-hybridized carbons (Fsp3) is 0.125. The van der Waals surface area contributed by atoms with Crippen LogP contribution in [0.25, 0.3) is 11.0 Å². The van der Waals surface area contributed by atoms with Gasteiger partial charge in [-0.25, -0.2) is 4.98 Å². The van der Waals surface area contributed by atoms with Gasteiger partial charge in [0.2, 0.25) is 5.76 Å². The Labute approximate surface area is 187 Å². The Kier molecular flexibility index (Phi) is 4.83. The Bertz CT molecular complexity index is 1410. The molecule has 0 spiro atoms. The minimum Gasteiger partial charge on any atom is -0.504 e. The van der Waals surface area contributed by atoms with Gasteiger partial charge in [0.05, 0.1) is 28.6 Å². The maximum absolute atomic E-state index is 13.5. The summed E-state index contributed by atoms with van der Waals surface area (Å²) < 4.78 is 11.4. The van der Waals surface area contributed by atoms with Crippen LogP contribution in [0.5, 0.6) is 11.5 Å². The molecule has 7 nitrogen and oxygen atoms in total. The first-order valence-corrected chi connectivity index (χ1v) is 10.3. The molecule has 4 aromatic rings. The Hall–Kier alpha value is -3.84. The molecule has 1 atom stereocenters. The largest absolute Gasteiger partial charge is 0.504 e. The molecule has 0 saturated heterocycles. The summed E-state index contributed by atoms with van der Waals surface area (Å²) in [4.78, 5) is 32.7. The van der Waals surface area contributed by atoms with E-state index >= 15 is 0 Å². The molecule has 1 aliphatic heterocycles. The van der Waals surface area contributed by atoms with Crippen LogP contribution >= 0.6 is 11.6 Å². The number of rotatable bonds is 4. The quantitative estimate of drug-likeness (QED) is 0.486. The van der Waals surface area contributed by atoms with Crippen LogP contribution in [0, 0.1) is 0 Å². The zero-order valence-corrected chi connectivity index (χ0v) is 17.7. The van der Waals surface area contributed by atoms with E-state index in [4.69, 9.17) is 20.8 Å². The number of pyridine rings is 1. The van der Waals surface area contributed by atoms with Crippen LogP contribution in [0.4, 0.5) is 5.82 Å². The van der Waals surface area contributed by atoms with Crippen LogP contribution in [0.1, 0.15) is 34.6 Å². The number of amides is 1. The Balaban J connectivity index is 1.79. The number of nitrogens with zero attached hydrogens (tertiary/aromatic N) is 2. The van der Waals surface area contributed by atoms with Crippen molar-refractivity contribution in [1.29, 1.82) is 0 Å². The topological polar surface area (TPSA) is 92.9 Å². The molecule has 1 unspecified atom stereocenters. The highest BCUT2D eigenvalue weighted by Gasteiger charge is 2.44. The molecule has 8 heteroatoms. The van der Waals surface area contributed by atoms with Gasteiger partial charge in [-0.3, -0.25) is 14.5 Å². The highest BCUT2D eigenvalue weighted by Crippen LogP contribution is 2.42. The number of phenols is 1. The molecular weight excluding hydrogens is 432 g/mol. The first kappa shape index (κ1) is 20.1. The lowest BCUT2D eigenvalue weighted by atomic mass is 9.98. The van der Waals surface area contributed by atoms with Crippen molar-refractivity contribution in [2.45, 2.75) is 13.0 Å². The number of carbonyl (C=O) groups is 1. The van der Waals surface area contributed by atoms with Gasteiger partial charge in [0.15, 0.2) is 16.9 Å². The fourth-order valence-corrected chi connectivity index (χ4v) is 4.07. The molecule has 1 aliphatic rings. The fourth-order valence-electron chi connectivity index (χ4n) is 3.95. The van der Waals surface area contributed by atoms with Crippen molar-refractivity contribution in [3.63, 3.8) is 0 Å². The van der Waals surface area contributed by atoms with Gasteiger partial charge in [0, 0.05) is 6.20 Å². The van der Waals surface area contributed by atoms with Gasteiger partial charge in [-0.2, -0.15) is 0 Å². The van der Waals surface area contributed by atoms with Crippen molar-refractivity contribution in [2.24, 2.45) is 0 Å². The minimum atomic E-state index is -0.827. The summed E-state index contributed by atoms with van der Waals surface area (Å²) >= 11 is 5.99. The first-order valence-electron chi connectivity index (χ1n) is 9.96. The third kappa shape index (κ3) is 3.09. The average molecular weight is 449 g/mol. The molecule has 0 bridgehead atoms. The van der Waals surface area contributed by atoms with E-state index in [9.17, 15) is 14.7 Å². The first-order chi connectivity index (χ1) is 15.5. The Morgan fingerprint density at radius 1 is 1.16 bits per heavy atom. The number of halogens is 1. The molecule has 0 aliphatic carbocycles. The normalized spacial score (nSPS) is 15.2. The number of hydrogen-bond acceptors (Lipinski definition) is 6. The standard InChI is InChI=1S/C24H17ClN2O5/c1-2-31-18-11-13(7-9-16(18)28)21-20-22(29)15-5-3-4-6-17(15)32-23(20)24(30)27(21)19-10-8-14(25)12-26-19/h3-12,21,28H,2H2,1H3. The molecule has 0 radical (unpaired) electrons. The van der Waals surface area contributed by atoms with Crippen LogP contribution in [-0.4, -0.2) is 22.6 Å². The molecule has 1 amide bonds. The van der Waals surface area contributed by atoms with Crippen LogP contribution < -0.4 is 15.1 Å². The summed E-state index contributed by atoms with van der Waals surface area (Å²) in [6, 6.07) is 13.9. The van der Waals surface area contributed by atoms with E-state index in [1.807, 2.05) is 0 Å². The van der Waals surface area contributed by atoms with E-state index in [-0.39, 0.29) is 28.3 Å². The number of hydrogen-bond donors (Lipinski definition) is 1. The van der Waals surface area contributed by atoms with E-state index in [1.54, 1.807) is 55.5 Å². The van der Waals surface area contributed by atoms with Gasteiger partial charge in [-0.15, -0.1) is 0 Å². The number of phenolic OH excluding ortho intramolecular Hbond substituents is 1. The Morgan fingerprint density at radius 3 is 2.72 bits per heavy atom. The van der Waals surface area contributed by atoms with E-state index in [1.165, 1.54) is 17.2 Å². The van der Waals surface area contributed by atoms with Crippen molar-refractivity contribution in [3.8, 4) is 11.5 Å². The van der Waals surface area contributed by atoms with Crippen molar-refractivity contribution in [2.75, 3.05) is 11.5 Å². The molecule has 32 heavy (non-hydrogen) atoms. The number of para-hydroxylation sites is 1. The zero-order chi connectivity index (χ0) is 22.4. The molecule has 0 saturated carbocycles. The number of fused-ring (bicyclic) bond motifs is 2. The summed E-state index contributed by atoms with van der Waals surface area (Å²) in [6.07, 6.45) is 1.43. The predicted molar refractivity (Wildman–Crippen MR) is 120 cm³/mol. The second-order valence-corrected chi connectivity index (χ2v) is 7.68. The van der Waals surface area contributed by atoms with Crippen molar-refractivity contribution in [1.82, 2.24) is 4.98 Å².